The van der Waals surface area contributed by atoms with E-state index in [1.54, 1.807) is 10.7 Å². The van der Waals surface area contributed by atoms with E-state index in [0.717, 1.165) is 16.8 Å². The molecule has 0 saturated heterocycles. The summed E-state index contributed by atoms with van der Waals surface area (Å²) in [6.07, 6.45) is 2.69. The molecular weight excluding hydrogens is 265 g/mol. The lowest BCUT2D eigenvalue weighted by atomic mass is 9.99. The molecule has 19 heavy (non-hydrogen) atoms. The summed E-state index contributed by atoms with van der Waals surface area (Å²) in [5.41, 5.74) is 3.04. The van der Waals surface area contributed by atoms with E-state index < -0.39 is 0 Å². The molecule has 0 fully saturated rings. The van der Waals surface area contributed by atoms with Gasteiger partial charge in [0.05, 0.1) is 5.69 Å². The summed E-state index contributed by atoms with van der Waals surface area (Å²) < 4.78 is 14.8. The Balaban J connectivity index is 2.26. The Morgan fingerprint density at radius 3 is 2.74 bits per heavy atom. The van der Waals surface area contributed by atoms with Gasteiger partial charge in [0, 0.05) is 29.9 Å². The van der Waals surface area contributed by atoms with Gasteiger partial charge in [-0.25, -0.2) is 4.39 Å². The zero-order valence-electron chi connectivity index (χ0n) is 11.2. The van der Waals surface area contributed by atoms with Crippen molar-refractivity contribution in [2.45, 2.75) is 19.4 Å². The average molecular weight is 282 g/mol. The van der Waals surface area contributed by atoms with E-state index in [-0.39, 0.29) is 11.9 Å². The number of likely N-dealkylation sites (N-methyl/N-ethyl adjacent to an activating group) is 1. The Morgan fingerprint density at radius 1 is 1.47 bits per heavy atom. The van der Waals surface area contributed by atoms with Crippen molar-refractivity contribution in [2.24, 2.45) is 7.05 Å². The molecule has 1 aromatic heterocycles. The lowest BCUT2D eigenvalue weighted by molar-refractivity contribution is 0.586. The third-order valence-corrected chi connectivity index (χ3v) is 3.57. The lowest BCUT2D eigenvalue weighted by Crippen LogP contribution is -2.19. The highest BCUT2D eigenvalue weighted by atomic mass is 35.5. The second kappa shape index (κ2) is 5.72. The van der Waals surface area contributed by atoms with Gasteiger partial charge in [-0.3, -0.25) is 4.68 Å². The van der Waals surface area contributed by atoms with Crippen LogP contribution in [0.2, 0.25) is 5.02 Å². The number of rotatable bonds is 4. The lowest BCUT2D eigenvalue weighted by Gasteiger charge is -2.16. The maximum atomic E-state index is 13.0. The van der Waals surface area contributed by atoms with Crippen molar-refractivity contribution in [3.8, 4) is 0 Å². The first kappa shape index (κ1) is 14.0. The standard InChI is InChI=1S/C14H17ClFN3/c1-9-12(8-19(3)18-9)14(17-2)6-10-4-5-11(16)7-13(10)15/h4-5,7-8,14,17H,6H2,1-3H3. The monoisotopic (exact) mass is 281 g/mol. The first-order valence-electron chi connectivity index (χ1n) is 6.12. The first-order chi connectivity index (χ1) is 9.01. The summed E-state index contributed by atoms with van der Waals surface area (Å²) in [4.78, 5) is 0. The molecule has 0 spiro atoms. The molecule has 0 aliphatic carbocycles. The molecule has 102 valence electrons. The van der Waals surface area contributed by atoms with Gasteiger partial charge in [0.15, 0.2) is 0 Å². The van der Waals surface area contributed by atoms with E-state index in [1.807, 2.05) is 27.2 Å². The van der Waals surface area contributed by atoms with Crippen LogP contribution in [-0.4, -0.2) is 16.8 Å². The highest BCUT2D eigenvalue weighted by Crippen LogP contribution is 2.25. The van der Waals surface area contributed by atoms with Crippen LogP contribution in [0.4, 0.5) is 4.39 Å². The van der Waals surface area contributed by atoms with Gasteiger partial charge in [-0.05, 0) is 38.1 Å². The molecule has 0 amide bonds. The molecule has 1 N–H and O–H groups in total. The minimum Gasteiger partial charge on any atom is -0.313 e. The average Bonchev–Trinajstić information content (AvgIpc) is 2.68. The number of benzene rings is 1. The zero-order valence-corrected chi connectivity index (χ0v) is 12.0. The minimum absolute atomic E-state index is 0.108. The van der Waals surface area contributed by atoms with Crippen molar-refractivity contribution >= 4 is 11.6 Å². The number of aryl methyl sites for hydroxylation is 2. The summed E-state index contributed by atoms with van der Waals surface area (Å²) in [6, 6.07) is 4.62. The largest absolute Gasteiger partial charge is 0.313 e. The van der Waals surface area contributed by atoms with Crippen LogP contribution in [-0.2, 0) is 13.5 Å². The molecule has 1 unspecified atom stereocenters. The van der Waals surface area contributed by atoms with E-state index in [4.69, 9.17) is 11.6 Å². The number of nitrogens with one attached hydrogen (secondary N) is 1. The number of halogens is 2. The Hall–Kier alpha value is -1.39. The molecule has 0 aliphatic heterocycles. The van der Waals surface area contributed by atoms with Crippen LogP contribution in [0.15, 0.2) is 24.4 Å². The Morgan fingerprint density at radius 2 is 2.21 bits per heavy atom. The third kappa shape index (κ3) is 3.14. The normalized spacial score (nSPS) is 12.7. The van der Waals surface area contributed by atoms with Gasteiger partial charge in [0.25, 0.3) is 0 Å². The molecule has 1 aromatic carbocycles. The smallest absolute Gasteiger partial charge is 0.124 e. The zero-order chi connectivity index (χ0) is 14.0. The topological polar surface area (TPSA) is 29.9 Å². The summed E-state index contributed by atoms with van der Waals surface area (Å²) in [7, 11) is 3.79. The van der Waals surface area contributed by atoms with Gasteiger partial charge in [-0.15, -0.1) is 0 Å². The van der Waals surface area contributed by atoms with Crippen LogP contribution in [0, 0.1) is 12.7 Å². The summed E-state index contributed by atoms with van der Waals surface area (Å²) in [5, 5.41) is 8.06. The van der Waals surface area contributed by atoms with E-state index in [0.29, 0.717) is 11.4 Å². The van der Waals surface area contributed by atoms with Gasteiger partial charge in [-0.1, -0.05) is 17.7 Å². The second-order valence-corrected chi connectivity index (χ2v) is 5.03. The number of nitrogens with zero attached hydrogens (tertiary/aromatic N) is 2. The van der Waals surface area contributed by atoms with Crippen LogP contribution < -0.4 is 5.32 Å². The number of hydrogen-bond donors (Lipinski definition) is 1. The van der Waals surface area contributed by atoms with E-state index >= 15 is 0 Å². The highest BCUT2D eigenvalue weighted by Gasteiger charge is 2.16. The Kier molecular flexibility index (Phi) is 4.22. The molecular formula is C14H17ClFN3. The second-order valence-electron chi connectivity index (χ2n) is 4.62. The quantitative estimate of drug-likeness (QED) is 0.934. The van der Waals surface area contributed by atoms with Crippen molar-refractivity contribution in [3.05, 3.63) is 52.1 Å². The van der Waals surface area contributed by atoms with E-state index in [1.165, 1.54) is 12.1 Å². The fourth-order valence-electron chi connectivity index (χ4n) is 2.23. The summed E-state index contributed by atoms with van der Waals surface area (Å²) in [5.74, 6) is -0.313. The fraction of sp³-hybridized carbons (Fsp3) is 0.357. The van der Waals surface area contributed by atoms with Gasteiger partial charge in [-0.2, -0.15) is 5.10 Å². The van der Waals surface area contributed by atoms with Gasteiger partial charge >= 0.3 is 0 Å². The fourth-order valence-corrected chi connectivity index (χ4v) is 2.48. The van der Waals surface area contributed by atoms with Crippen molar-refractivity contribution < 1.29 is 4.39 Å². The van der Waals surface area contributed by atoms with Crippen molar-refractivity contribution in [1.82, 2.24) is 15.1 Å². The molecule has 1 atom stereocenters. The van der Waals surface area contributed by atoms with Crippen molar-refractivity contribution in [1.29, 1.82) is 0 Å². The van der Waals surface area contributed by atoms with E-state index in [9.17, 15) is 4.39 Å². The number of aromatic nitrogens is 2. The van der Waals surface area contributed by atoms with Crippen LogP contribution in [0.1, 0.15) is 22.9 Å². The minimum atomic E-state index is -0.313. The van der Waals surface area contributed by atoms with Gasteiger partial charge < -0.3 is 5.32 Å². The molecule has 5 heteroatoms. The molecule has 2 rings (SSSR count). The van der Waals surface area contributed by atoms with Crippen molar-refractivity contribution in [2.75, 3.05) is 7.05 Å². The number of hydrogen-bond acceptors (Lipinski definition) is 2. The molecule has 0 radical (unpaired) electrons. The van der Waals surface area contributed by atoms with Crippen LogP contribution in [0.25, 0.3) is 0 Å². The predicted molar refractivity (Wildman–Crippen MR) is 74.9 cm³/mol. The Labute approximate surface area is 117 Å². The maximum absolute atomic E-state index is 13.0. The predicted octanol–water partition coefficient (Wildman–Crippen LogP) is 3.02. The molecule has 3 nitrogen and oxygen atoms in total. The van der Waals surface area contributed by atoms with Crippen LogP contribution >= 0.6 is 11.6 Å². The van der Waals surface area contributed by atoms with Crippen molar-refractivity contribution in [3.63, 3.8) is 0 Å². The molecule has 0 bridgehead atoms. The molecule has 2 aromatic rings. The van der Waals surface area contributed by atoms with E-state index in [2.05, 4.69) is 10.4 Å². The van der Waals surface area contributed by atoms with Crippen LogP contribution in [0.5, 0.6) is 0 Å². The van der Waals surface area contributed by atoms with Crippen LogP contribution in [0.3, 0.4) is 0 Å². The molecule has 0 saturated carbocycles. The van der Waals surface area contributed by atoms with Gasteiger partial charge in [0.1, 0.15) is 5.82 Å². The highest BCUT2D eigenvalue weighted by molar-refractivity contribution is 6.31. The van der Waals surface area contributed by atoms with Gasteiger partial charge in [0.2, 0.25) is 0 Å². The molecule has 0 aliphatic rings. The summed E-state index contributed by atoms with van der Waals surface area (Å²) >= 11 is 6.07. The molecule has 1 heterocycles. The SMILES string of the molecule is CNC(Cc1ccc(F)cc1Cl)c1cn(C)nc1C. The Bertz CT molecular complexity index is 580. The maximum Gasteiger partial charge on any atom is 0.124 e. The first-order valence-corrected chi connectivity index (χ1v) is 6.50. The third-order valence-electron chi connectivity index (χ3n) is 3.21. The summed E-state index contributed by atoms with van der Waals surface area (Å²) in [6.45, 7) is 1.98.